The number of benzene rings is 2. The molecule has 29 heavy (non-hydrogen) atoms. The molecule has 1 aromatic heterocycles. The van der Waals surface area contributed by atoms with E-state index in [1.165, 1.54) is 13.2 Å². The normalized spacial score (nSPS) is 13.3. The Kier molecular flexibility index (Phi) is 4.99. The van der Waals surface area contributed by atoms with Crippen molar-refractivity contribution in [3.63, 3.8) is 0 Å². The number of fused-ring (bicyclic) bond motifs is 3. The summed E-state index contributed by atoms with van der Waals surface area (Å²) < 4.78 is 5.56. The number of carboxylic acid groups (broad SMARTS) is 1. The molecule has 6 heteroatoms. The minimum Gasteiger partial charge on any atom is -0.479 e. The second kappa shape index (κ2) is 7.75. The number of nitrogens with zero attached hydrogens (tertiary/aromatic N) is 2. The predicted octanol–water partition coefficient (Wildman–Crippen LogP) is 4.09. The van der Waals surface area contributed by atoms with Crippen LogP contribution in [0.3, 0.4) is 0 Å². The van der Waals surface area contributed by atoms with Crippen molar-refractivity contribution in [3.05, 3.63) is 89.7 Å². The van der Waals surface area contributed by atoms with Crippen LogP contribution in [-0.4, -0.2) is 40.7 Å². The fourth-order valence-corrected chi connectivity index (χ4v) is 3.87. The van der Waals surface area contributed by atoms with Gasteiger partial charge in [-0.3, -0.25) is 9.88 Å². The molecule has 1 atom stereocenters. The number of carboxylic acids is 1. The zero-order valence-electron chi connectivity index (χ0n) is 15.9. The van der Waals surface area contributed by atoms with E-state index in [2.05, 4.69) is 17.1 Å². The Morgan fingerprint density at radius 3 is 2.21 bits per heavy atom. The first-order chi connectivity index (χ1) is 14.1. The highest BCUT2D eigenvalue weighted by Crippen LogP contribution is 2.44. The summed E-state index contributed by atoms with van der Waals surface area (Å²) in [6.07, 6.45) is 2.30. The quantitative estimate of drug-likeness (QED) is 0.712. The van der Waals surface area contributed by atoms with Crippen molar-refractivity contribution in [1.82, 2.24) is 9.88 Å². The molecule has 0 bridgehead atoms. The Balaban J connectivity index is 1.53. The molecule has 1 heterocycles. The molecule has 1 N–H and O–H groups in total. The summed E-state index contributed by atoms with van der Waals surface area (Å²) >= 11 is 0. The van der Waals surface area contributed by atoms with E-state index < -0.39 is 18.1 Å². The molecule has 0 radical (unpaired) electrons. The van der Waals surface area contributed by atoms with E-state index in [4.69, 9.17) is 4.74 Å². The van der Waals surface area contributed by atoms with Crippen LogP contribution in [-0.2, 0) is 9.53 Å². The Morgan fingerprint density at radius 2 is 1.66 bits per heavy atom. The summed E-state index contributed by atoms with van der Waals surface area (Å²) in [5.41, 5.74) is 4.89. The van der Waals surface area contributed by atoms with Gasteiger partial charge in [0.15, 0.2) is 6.04 Å². The first-order valence-corrected chi connectivity index (χ1v) is 9.28. The number of carbonyl (C=O) groups excluding carboxylic acids is 1. The van der Waals surface area contributed by atoms with E-state index in [1.54, 1.807) is 18.3 Å². The van der Waals surface area contributed by atoms with Crippen molar-refractivity contribution in [1.29, 1.82) is 0 Å². The topological polar surface area (TPSA) is 79.7 Å². The van der Waals surface area contributed by atoms with Crippen LogP contribution in [0.25, 0.3) is 11.1 Å². The van der Waals surface area contributed by atoms with Gasteiger partial charge in [-0.1, -0.05) is 54.6 Å². The molecule has 4 rings (SSSR count). The van der Waals surface area contributed by atoms with Crippen LogP contribution >= 0.6 is 0 Å². The lowest BCUT2D eigenvalue weighted by atomic mass is 9.98. The lowest BCUT2D eigenvalue weighted by molar-refractivity contribution is -0.142. The molecule has 0 spiro atoms. The number of rotatable bonds is 5. The van der Waals surface area contributed by atoms with Gasteiger partial charge in [0.25, 0.3) is 0 Å². The summed E-state index contributed by atoms with van der Waals surface area (Å²) in [5.74, 6) is -1.23. The maximum Gasteiger partial charge on any atom is 0.410 e. The van der Waals surface area contributed by atoms with Crippen molar-refractivity contribution < 1.29 is 19.4 Å². The molecule has 1 aliphatic rings. The monoisotopic (exact) mass is 388 g/mol. The molecular formula is C23H20N2O4. The molecule has 1 aliphatic carbocycles. The third-order valence-electron chi connectivity index (χ3n) is 5.25. The molecule has 2 aromatic carbocycles. The van der Waals surface area contributed by atoms with Gasteiger partial charge in [-0.05, 0) is 28.3 Å². The van der Waals surface area contributed by atoms with Crippen LogP contribution in [0.2, 0.25) is 0 Å². The lowest BCUT2D eigenvalue weighted by Crippen LogP contribution is -2.36. The minimum atomic E-state index is -1.17. The highest BCUT2D eigenvalue weighted by atomic mass is 16.6. The Hall–Kier alpha value is -3.67. The van der Waals surface area contributed by atoms with Gasteiger partial charge in [0.1, 0.15) is 6.61 Å². The van der Waals surface area contributed by atoms with Crippen LogP contribution in [0.4, 0.5) is 4.79 Å². The summed E-state index contributed by atoms with van der Waals surface area (Å²) in [5, 5.41) is 9.61. The van der Waals surface area contributed by atoms with Crippen LogP contribution < -0.4 is 0 Å². The third-order valence-corrected chi connectivity index (χ3v) is 5.25. The molecule has 0 aliphatic heterocycles. The average molecular weight is 388 g/mol. The van der Waals surface area contributed by atoms with E-state index >= 15 is 0 Å². The van der Waals surface area contributed by atoms with Gasteiger partial charge in [-0.25, -0.2) is 9.59 Å². The second-order valence-corrected chi connectivity index (χ2v) is 6.94. The van der Waals surface area contributed by atoms with Crippen molar-refractivity contribution in [2.24, 2.45) is 0 Å². The van der Waals surface area contributed by atoms with Crippen LogP contribution in [0, 0.1) is 0 Å². The number of amides is 1. The zero-order valence-corrected chi connectivity index (χ0v) is 15.9. The number of carbonyl (C=O) groups is 2. The van der Waals surface area contributed by atoms with Crippen LogP contribution in [0.1, 0.15) is 28.7 Å². The largest absolute Gasteiger partial charge is 0.479 e. The van der Waals surface area contributed by atoms with Gasteiger partial charge < -0.3 is 9.84 Å². The van der Waals surface area contributed by atoms with E-state index in [-0.39, 0.29) is 12.5 Å². The number of hydrogen-bond donors (Lipinski definition) is 1. The zero-order chi connectivity index (χ0) is 20.4. The van der Waals surface area contributed by atoms with Crippen molar-refractivity contribution in [2.75, 3.05) is 13.7 Å². The lowest BCUT2D eigenvalue weighted by Gasteiger charge is -2.25. The van der Waals surface area contributed by atoms with Gasteiger partial charge >= 0.3 is 12.1 Å². The molecule has 0 fully saturated rings. The summed E-state index contributed by atoms with van der Waals surface area (Å²) in [6, 6.07) is 18.2. The maximum atomic E-state index is 12.7. The average Bonchev–Trinajstić information content (AvgIpc) is 3.06. The van der Waals surface area contributed by atoms with Crippen molar-refractivity contribution in [3.8, 4) is 11.1 Å². The van der Waals surface area contributed by atoms with Gasteiger partial charge in [-0.2, -0.15) is 0 Å². The van der Waals surface area contributed by atoms with Gasteiger partial charge in [0, 0.05) is 30.9 Å². The molecule has 0 saturated carbocycles. The number of pyridine rings is 1. The number of ether oxygens (including phenoxy) is 1. The third kappa shape index (κ3) is 3.45. The van der Waals surface area contributed by atoms with Crippen LogP contribution in [0.5, 0.6) is 0 Å². The fraction of sp³-hybridized carbons (Fsp3) is 0.174. The minimum absolute atomic E-state index is 0.0820. The number of likely N-dealkylation sites (N-methyl/N-ethyl adjacent to an activating group) is 1. The van der Waals surface area contributed by atoms with E-state index in [1.807, 2.05) is 36.4 Å². The Morgan fingerprint density at radius 1 is 1.03 bits per heavy atom. The smallest absolute Gasteiger partial charge is 0.410 e. The summed E-state index contributed by atoms with van der Waals surface area (Å²) in [7, 11) is 1.42. The van der Waals surface area contributed by atoms with E-state index in [0.29, 0.717) is 5.56 Å². The number of aromatic nitrogens is 1. The molecule has 1 amide bonds. The van der Waals surface area contributed by atoms with Gasteiger partial charge in [0.05, 0.1) is 0 Å². The standard InChI is InChI=1S/C23H20N2O4/c1-25(21(22(26)27)15-7-6-12-24-13-15)23(28)29-14-20-18-10-4-2-8-16(18)17-9-3-5-11-19(17)20/h2-13,20-21H,14H2,1H3,(H,26,27). The summed E-state index contributed by atoms with van der Waals surface area (Å²) in [4.78, 5) is 29.5. The Bertz CT molecular complexity index is 1010. The predicted molar refractivity (Wildman–Crippen MR) is 107 cm³/mol. The molecule has 6 nitrogen and oxygen atoms in total. The van der Waals surface area contributed by atoms with E-state index in [9.17, 15) is 14.7 Å². The fourth-order valence-electron chi connectivity index (χ4n) is 3.87. The highest BCUT2D eigenvalue weighted by Gasteiger charge is 2.32. The molecule has 3 aromatic rings. The van der Waals surface area contributed by atoms with Crippen molar-refractivity contribution in [2.45, 2.75) is 12.0 Å². The van der Waals surface area contributed by atoms with E-state index in [0.717, 1.165) is 27.2 Å². The first kappa shape index (κ1) is 18.7. The highest BCUT2D eigenvalue weighted by molar-refractivity contribution is 5.82. The Labute approximate surface area is 168 Å². The van der Waals surface area contributed by atoms with Crippen molar-refractivity contribution >= 4 is 12.1 Å². The second-order valence-electron chi connectivity index (χ2n) is 6.94. The number of hydrogen-bond acceptors (Lipinski definition) is 4. The molecule has 0 saturated heterocycles. The maximum absolute atomic E-state index is 12.7. The molecule has 1 unspecified atom stereocenters. The molecular weight excluding hydrogens is 368 g/mol. The SMILES string of the molecule is CN(C(=O)OCC1c2ccccc2-c2ccccc21)C(C(=O)O)c1cccnc1. The van der Waals surface area contributed by atoms with Crippen LogP contribution in [0.15, 0.2) is 73.1 Å². The van der Waals surface area contributed by atoms with Gasteiger partial charge in [-0.15, -0.1) is 0 Å². The molecule has 146 valence electrons. The van der Waals surface area contributed by atoms with Gasteiger partial charge in [0.2, 0.25) is 0 Å². The number of aliphatic carboxylic acids is 1. The first-order valence-electron chi connectivity index (χ1n) is 9.28. The summed E-state index contributed by atoms with van der Waals surface area (Å²) in [6.45, 7) is 0.135.